The number of rotatable bonds is 0. The van der Waals surface area contributed by atoms with Crippen LogP contribution in [0.15, 0.2) is 6.33 Å². The van der Waals surface area contributed by atoms with E-state index in [4.69, 9.17) is 9.47 Å². The molecule has 0 saturated heterocycles. The largest absolute Gasteiger partial charge is 0.444 e. The van der Waals surface area contributed by atoms with Gasteiger partial charge in [0.2, 0.25) is 0 Å². The van der Waals surface area contributed by atoms with Crippen LogP contribution in [0, 0.1) is 0 Å². The van der Waals surface area contributed by atoms with Gasteiger partial charge < -0.3 is 14.4 Å². The van der Waals surface area contributed by atoms with Crippen molar-refractivity contribution in [2.45, 2.75) is 65.7 Å². The van der Waals surface area contributed by atoms with E-state index in [2.05, 4.69) is 4.98 Å². The number of aromatic nitrogens is 2. The monoisotopic (exact) mass is 323 g/mol. The zero-order valence-electron chi connectivity index (χ0n) is 14.7. The number of imidazole rings is 1. The molecule has 7 nitrogen and oxygen atoms in total. The smallest absolute Gasteiger partial charge is 0.420 e. The van der Waals surface area contributed by atoms with E-state index in [1.54, 1.807) is 25.7 Å². The molecule has 0 bridgehead atoms. The molecule has 2 heterocycles. The third-order valence-corrected chi connectivity index (χ3v) is 3.15. The van der Waals surface area contributed by atoms with E-state index in [9.17, 15) is 9.59 Å². The Balaban J connectivity index is 2.15. The third-order valence-electron chi connectivity index (χ3n) is 3.15. The molecule has 0 radical (unpaired) electrons. The van der Waals surface area contributed by atoms with Crippen LogP contribution in [-0.2, 0) is 22.4 Å². The number of carbonyl (C=O) groups excluding carboxylic acids is 2. The minimum atomic E-state index is -0.590. The van der Waals surface area contributed by atoms with Crippen molar-refractivity contribution in [1.29, 1.82) is 0 Å². The Morgan fingerprint density at radius 3 is 2.17 bits per heavy atom. The Kier molecular flexibility index (Phi) is 4.41. The van der Waals surface area contributed by atoms with E-state index in [1.165, 1.54) is 10.9 Å². The number of fused-ring (bicyclic) bond motifs is 1. The van der Waals surface area contributed by atoms with Crippen molar-refractivity contribution in [2.24, 2.45) is 0 Å². The average Bonchev–Trinajstić information content (AvgIpc) is 2.77. The van der Waals surface area contributed by atoms with Crippen LogP contribution < -0.4 is 0 Å². The predicted molar refractivity (Wildman–Crippen MR) is 84.2 cm³/mol. The van der Waals surface area contributed by atoms with Crippen LogP contribution in [0.4, 0.5) is 9.59 Å². The van der Waals surface area contributed by atoms with E-state index < -0.39 is 17.3 Å². The number of hydrogen-bond acceptors (Lipinski definition) is 5. The normalized spacial score (nSPS) is 15.1. The van der Waals surface area contributed by atoms with Crippen molar-refractivity contribution in [2.75, 3.05) is 6.54 Å². The molecule has 2 rings (SSSR count). The molecule has 1 amide bonds. The number of hydrogen-bond donors (Lipinski definition) is 0. The van der Waals surface area contributed by atoms with Crippen LogP contribution in [0.2, 0.25) is 0 Å². The minimum Gasteiger partial charge on any atom is -0.444 e. The first-order valence-electron chi connectivity index (χ1n) is 7.73. The molecule has 0 aromatic carbocycles. The van der Waals surface area contributed by atoms with E-state index in [0.717, 1.165) is 5.69 Å². The van der Waals surface area contributed by atoms with Crippen molar-refractivity contribution in [3.63, 3.8) is 0 Å². The second kappa shape index (κ2) is 5.86. The lowest BCUT2D eigenvalue weighted by Crippen LogP contribution is -2.41. The van der Waals surface area contributed by atoms with Gasteiger partial charge in [0.1, 0.15) is 17.5 Å². The maximum Gasteiger partial charge on any atom is 0.420 e. The maximum atomic E-state index is 12.3. The first-order valence-corrected chi connectivity index (χ1v) is 7.73. The molecule has 1 aliphatic rings. The first-order chi connectivity index (χ1) is 10.5. The van der Waals surface area contributed by atoms with E-state index in [0.29, 0.717) is 18.7 Å². The zero-order valence-corrected chi connectivity index (χ0v) is 14.7. The summed E-state index contributed by atoms with van der Waals surface area (Å²) in [7, 11) is 0. The highest BCUT2D eigenvalue weighted by Gasteiger charge is 2.30. The van der Waals surface area contributed by atoms with Gasteiger partial charge in [0.15, 0.2) is 0 Å². The molecule has 0 fully saturated rings. The summed E-state index contributed by atoms with van der Waals surface area (Å²) in [5.41, 5.74) is 0.350. The summed E-state index contributed by atoms with van der Waals surface area (Å²) >= 11 is 0. The average molecular weight is 323 g/mol. The van der Waals surface area contributed by atoms with E-state index in [-0.39, 0.29) is 12.6 Å². The molecule has 0 spiro atoms. The van der Waals surface area contributed by atoms with Crippen molar-refractivity contribution >= 4 is 12.2 Å². The van der Waals surface area contributed by atoms with Gasteiger partial charge in [-0.3, -0.25) is 0 Å². The minimum absolute atomic E-state index is 0.281. The van der Waals surface area contributed by atoms with E-state index >= 15 is 0 Å². The van der Waals surface area contributed by atoms with Crippen LogP contribution in [-0.4, -0.2) is 44.4 Å². The first kappa shape index (κ1) is 17.3. The molecule has 1 aliphatic heterocycles. The highest BCUT2D eigenvalue weighted by atomic mass is 16.6. The number of ether oxygens (including phenoxy) is 2. The summed E-state index contributed by atoms with van der Waals surface area (Å²) in [5.74, 6) is 0. The molecule has 0 saturated carbocycles. The summed E-state index contributed by atoms with van der Waals surface area (Å²) in [6.07, 6.45) is 1.17. The lowest BCUT2D eigenvalue weighted by molar-refractivity contribution is 0.0211. The quantitative estimate of drug-likeness (QED) is 0.734. The SMILES string of the molecule is CC(C)(C)OC(=O)N1CCc2ncn(C(=O)OC(C)(C)C)c2C1. The van der Waals surface area contributed by atoms with Crippen molar-refractivity contribution in [3.05, 3.63) is 17.7 Å². The van der Waals surface area contributed by atoms with Crippen LogP contribution in [0.3, 0.4) is 0 Å². The predicted octanol–water partition coefficient (Wildman–Crippen LogP) is 2.96. The molecular weight excluding hydrogens is 298 g/mol. The molecule has 23 heavy (non-hydrogen) atoms. The number of nitrogens with zero attached hydrogens (tertiary/aromatic N) is 3. The topological polar surface area (TPSA) is 73.7 Å². The maximum absolute atomic E-state index is 12.3. The molecular formula is C16H25N3O4. The van der Waals surface area contributed by atoms with Crippen LogP contribution in [0.25, 0.3) is 0 Å². The summed E-state index contributed by atoms with van der Waals surface area (Å²) in [6, 6.07) is 0. The Labute approximate surface area is 136 Å². The van der Waals surface area contributed by atoms with Gasteiger partial charge in [-0.25, -0.2) is 19.1 Å². The summed E-state index contributed by atoms with van der Waals surface area (Å²) < 4.78 is 12.1. The van der Waals surface area contributed by atoms with Crippen molar-refractivity contribution in [1.82, 2.24) is 14.5 Å². The zero-order chi connectivity index (χ0) is 17.4. The standard InChI is InChI=1S/C16H25N3O4/c1-15(2,3)22-13(20)18-8-7-11-12(9-18)19(10-17-11)14(21)23-16(4,5)6/h10H,7-9H2,1-6H3. The Morgan fingerprint density at radius 1 is 1.04 bits per heavy atom. The second-order valence-electron chi connectivity index (χ2n) is 7.64. The molecule has 0 aliphatic carbocycles. The van der Waals surface area contributed by atoms with Gasteiger partial charge in [-0.15, -0.1) is 0 Å². The van der Waals surface area contributed by atoms with Crippen molar-refractivity contribution < 1.29 is 19.1 Å². The van der Waals surface area contributed by atoms with Gasteiger partial charge in [-0.2, -0.15) is 0 Å². The third kappa shape index (κ3) is 4.46. The van der Waals surface area contributed by atoms with Crippen LogP contribution in [0.1, 0.15) is 52.9 Å². The Hall–Kier alpha value is -2.05. The molecule has 1 aromatic heterocycles. The fourth-order valence-corrected chi connectivity index (χ4v) is 2.24. The van der Waals surface area contributed by atoms with Gasteiger partial charge in [-0.1, -0.05) is 0 Å². The summed E-state index contributed by atoms with van der Waals surface area (Å²) in [4.78, 5) is 30.3. The molecule has 0 atom stereocenters. The van der Waals surface area contributed by atoms with Gasteiger partial charge in [0.05, 0.1) is 17.9 Å². The number of amides is 1. The fourth-order valence-electron chi connectivity index (χ4n) is 2.24. The van der Waals surface area contributed by atoms with Gasteiger partial charge in [-0.05, 0) is 41.5 Å². The van der Waals surface area contributed by atoms with E-state index in [1.807, 2.05) is 20.8 Å². The fraction of sp³-hybridized carbons (Fsp3) is 0.688. The highest BCUT2D eigenvalue weighted by Crippen LogP contribution is 2.21. The van der Waals surface area contributed by atoms with Crippen molar-refractivity contribution in [3.8, 4) is 0 Å². The Bertz CT molecular complexity index is 608. The van der Waals surface area contributed by atoms with Gasteiger partial charge in [0, 0.05) is 13.0 Å². The molecule has 7 heteroatoms. The Morgan fingerprint density at radius 2 is 1.61 bits per heavy atom. The van der Waals surface area contributed by atoms with Gasteiger partial charge >= 0.3 is 12.2 Å². The van der Waals surface area contributed by atoms with Gasteiger partial charge in [0.25, 0.3) is 0 Å². The lowest BCUT2D eigenvalue weighted by Gasteiger charge is -2.30. The highest BCUT2D eigenvalue weighted by molar-refractivity contribution is 5.73. The summed E-state index contributed by atoms with van der Waals surface area (Å²) in [5, 5.41) is 0. The summed E-state index contributed by atoms with van der Waals surface area (Å²) in [6.45, 7) is 11.7. The molecule has 128 valence electrons. The van der Waals surface area contributed by atoms with Crippen LogP contribution in [0.5, 0.6) is 0 Å². The second-order valence-corrected chi connectivity index (χ2v) is 7.64. The molecule has 0 N–H and O–H groups in total. The molecule has 0 unspecified atom stereocenters. The number of carbonyl (C=O) groups is 2. The lowest BCUT2D eigenvalue weighted by atomic mass is 10.1. The van der Waals surface area contributed by atoms with Crippen LogP contribution >= 0.6 is 0 Å². The molecule has 1 aromatic rings.